The van der Waals surface area contributed by atoms with Crippen LogP contribution >= 0.6 is 15.9 Å². The van der Waals surface area contributed by atoms with Gasteiger partial charge >= 0.3 is 0 Å². The van der Waals surface area contributed by atoms with Gasteiger partial charge in [-0.2, -0.15) is 0 Å². The first-order valence-corrected chi connectivity index (χ1v) is 7.39. The van der Waals surface area contributed by atoms with E-state index in [1.165, 1.54) is 6.07 Å². The summed E-state index contributed by atoms with van der Waals surface area (Å²) in [4.78, 5) is 0. The molecule has 2 aromatic carbocycles. The highest BCUT2D eigenvalue weighted by Gasteiger charge is 2.01. The fraction of sp³-hybridized carbons (Fsp3) is 0.250. The molecule has 0 aliphatic heterocycles. The fourth-order valence-corrected chi connectivity index (χ4v) is 1.99. The third-order valence-electron chi connectivity index (χ3n) is 2.81. The van der Waals surface area contributed by atoms with Crippen LogP contribution in [0.2, 0.25) is 0 Å². The molecule has 0 fully saturated rings. The monoisotopic (exact) mass is 337 g/mol. The van der Waals surface area contributed by atoms with Gasteiger partial charge in [0, 0.05) is 12.2 Å². The number of ether oxygens (including phenoxy) is 1. The molecule has 0 unspecified atom stereocenters. The molecule has 0 bridgehead atoms. The Kier molecular flexibility index (Phi) is 5.41. The molecule has 2 aromatic rings. The van der Waals surface area contributed by atoms with Crippen molar-refractivity contribution in [2.45, 2.75) is 19.9 Å². The van der Waals surface area contributed by atoms with Gasteiger partial charge in [-0.25, -0.2) is 4.39 Å². The van der Waals surface area contributed by atoms with Crippen LogP contribution in [-0.4, -0.2) is 6.61 Å². The van der Waals surface area contributed by atoms with E-state index in [9.17, 15) is 4.39 Å². The van der Waals surface area contributed by atoms with Crippen molar-refractivity contribution in [3.63, 3.8) is 0 Å². The second-order valence-corrected chi connectivity index (χ2v) is 5.33. The Morgan fingerprint density at radius 3 is 2.55 bits per heavy atom. The molecule has 0 aliphatic rings. The highest BCUT2D eigenvalue weighted by atomic mass is 79.9. The van der Waals surface area contributed by atoms with E-state index in [2.05, 4.69) is 28.2 Å². The number of nitrogens with one attached hydrogen (secondary N) is 1. The van der Waals surface area contributed by atoms with Crippen molar-refractivity contribution in [1.29, 1.82) is 0 Å². The normalized spacial score (nSPS) is 10.3. The molecular weight excluding hydrogens is 321 g/mol. The van der Waals surface area contributed by atoms with E-state index >= 15 is 0 Å². The van der Waals surface area contributed by atoms with E-state index in [0.717, 1.165) is 30.0 Å². The van der Waals surface area contributed by atoms with Gasteiger partial charge in [0.2, 0.25) is 0 Å². The number of rotatable bonds is 6. The third-order valence-corrected chi connectivity index (χ3v) is 3.45. The summed E-state index contributed by atoms with van der Waals surface area (Å²) < 4.78 is 19.4. The minimum Gasteiger partial charge on any atom is -0.494 e. The number of benzene rings is 2. The minimum absolute atomic E-state index is 0.243. The van der Waals surface area contributed by atoms with E-state index in [1.807, 2.05) is 30.3 Å². The summed E-state index contributed by atoms with van der Waals surface area (Å²) in [6.45, 7) is 3.39. The Morgan fingerprint density at radius 2 is 1.90 bits per heavy atom. The van der Waals surface area contributed by atoms with Crippen molar-refractivity contribution in [2.24, 2.45) is 0 Å². The number of halogens is 2. The van der Waals surface area contributed by atoms with Gasteiger partial charge in [0.05, 0.1) is 11.1 Å². The van der Waals surface area contributed by atoms with Crippen LogP contribution in [0.15, 0.2) is 46.9 Å². The maximum Gasteiger partial charge on any atom is 0.137 e. The van der Waals surface area contributed by atoms with E-state index in [0.29, 0.717) is 11.0 Å². The maximum atomic E-state index is 13.4. The Hall–Kier alpha value is -1.55. The third kappa shape index (κ3) is 4.23. The maximum absolute atomic E-state index is 13.4. The Bertz CT molecular complexity index is 557. The Balaban J connectivity index is 1.91. The summed E-state index contributed by atoms with van der Waals surface area (Å²) >= 11 is 3.14. The number of hydrogen-bond donors (Lipinski definition) is 1. The lowest BCUT2D eigenvalue weighted by Crippen LogP contribution is -2.00. The van der Waals surface area contributed by atoms with Crippen LogP contribution in [0.3, 0.4) is 0 Å². The molecule has 0 saturated heterocycles. The number of anilines is 1. The van der Waals surface area contributed by atoms with Crippen LogP contribution in [0.4, 0.5) is 10.1 Å². The molecule has 0 radical (unpaired) electrons. The van der Waals surface area contributed by atoms with Crippen LogP contribution in [0, 0.1) is 5.82 Å². The highest BCUT2D eigenvalue weighted by Crippen LogP contribution is 2.19. The average Bonchev–Trinajstić information content (AvgIpc) is 2.47. The van der Waals surface area contributed by atoms with Gasteiger partial charge in [-0.15, -0.1) is 0 Å². The molecule has 0 heterocycles. The zero-order valence-electron chi connectivity index (χ0n) is 11.3. The molecule has 2 nitrogen and oxygen atoms in total. The molecule has 4 heteroatoms. The molecular formula is C16H17BrFNO. The Labute approximate surface area is 127 Å². The molecule has 0 amide bonds. The van der Waals surface area contributed by atoms with Gasteiger partial charge < -0.3 is 10.1 Å². The van der Waals surface area contributed by atoms with E-state index in [1.54, 1.807) is 6.07 Å². The topological polar surface area (TPSA) is 21.3 Å². The summed E-state index contributed by atoms with van der Waals surface area (Å²) in [6, 6.07) is 12.9. The van der Waals surface area contributed by atoms with Crippen molar-refractivity contribution in [1.82, 2.24) is 0 Å². The zero-order chi connectivity index (χ0) is 14.4. The van der Waals surface area contributed by atoms with Gasteiger partial charge in [0.25, 0.3) is 0 Å². The molecule has 20 heavy (non-hydrogen) atoms. The summed E-state index contributed by atoms with van der Waals surface area (Å²) in [5.74, 6) is 0.625. The molecule has 106 valence electrons. The van der Waals surface area contributed by atoms with Crippen molar-refractivity contribution in [3.8, 4) is 5.75 Å². The van der Waals surface area contributed by atoms with Gasteiger partial charge in [-0.1, -0.05) is 13.0 Å². The van der Waals surface area contributed by atoms with Crippen LogP contribution in [-0.2, 0) is 6.54 Å². The zero-order valence-corrected chi connectivity index (χ0v) is 12.9. The van der Waals surface area contributed by atoms with E-state index in [4.69, 9.17) is 4.74 Å². The predicted octanol–water partition coefficient (Wildman–Crippen LogP) is 4.99. The molecule has 0 spiro atoms. The molecule has 1 N–H and O–H groups in total. The first-order valence-electron chi connectivity index (χ1n) is 6.59. The van der Waals surface area contributed by atoms with Crippen molar-refractivity contribution in [2.75, 3.05) is 11.9 Å². The van der Waals surface area contributed by atoms with Crippen molar-refractivity contribution < 1.29 is 9.13 Å². The first-order chi connectivity index (χ1) is 9.69. The van der Waals surface area contributed by atoms with E-state index in [-0.39, 0.29) is 5.82 Å². The van der Waals surface area contributed by atoms with Crippen LogP contribution in [0.25, 0.3) is 0 Å². The molecule has 0 aliphatic carbocycles. The van der Waals surface area contributed by atoms with Crippen LogP contribution in [0.1, 0.15) is 18.9 Å². The van der Waals surface area contributed by atoms with Crippen molar-refractivity contribution in [3.05, 3.63) is 58.3 Å². The smallest absolute Gasteiger partial charge is 0.137 e. The standard InChI is InChI=1S/C16H17BrFNO/c1-2-9-20-14-6-4-13(5-7-14)19-11-12-3-8-15(17)16(18)10-12/h3-8,10,19H,2,9,11H2,1H3. The molecule has 0 aromatic heterocycles. The summed E-state index contributed by atoms with van der Waals surface area (Å²) in [6.07, 6.45) is 0.995. The molecule has 0 saturated carbocycles. The van der Waals surface area contributed by atoms with Gasteiger partial charge in [-0.3, -0.25) is 0 Å². The molecule has 2 rings (SSSR count). The van der Waals surface area contributed by atoms with Gasteiger partial charge in [0.1, 0.15) is 11.6 Å². The highest BCUT2D eigenvalue weighted by molar-refractivity contribution is 9.10. The fourth-order valence-electron chi connectivity index (χ4n) is 1.74. The average molecular weight is 338 g/mol. The summed E-state index contributed by atoms with van der Waals surface area (Å²) in [5, 5.41) is 3.25. The lowest BCUT2D eigenvalue weighted by Gasteiger charge is -2.09. The summed E-state index contributed by atoms with van der Waals surface area (Å²) in [7, 11) is 0. The lowest BCUT2D eigenvalue weighted by atomic mass is 10.2. The van der Waals surface area contributed by atoms with Gasteiger partial charge in [-0.05, 0) is 64.3 Å². The second kappa shape index (κ2) is 7.29. The minimum atomic E-state index is -0.243. The Morgan fingerprint density at radius 1 is 1.15 bits per heavy atom. The number of hydrogen-bond acceptors (Lipinski definition) is 2. The van der Waals surface area contributed by atoms with Crippen LogP contribution in [0.5, 0.6) is 5.75 Å². The second-order valence-electron chi connectivity index (χ2n) is 4.47. The SMILES string of the molecule is CCCOc1ccc(NCc2ccc(Br)c(F)c2)cc1. The summed E-state index contributed by atoms with van der Waals surface area (Å²) in [5.41, 5.74) is 1.88. The lowest BCUT2D eigenvalue weighted by molar-refractivity contribution is 0.317. The van der Waals surface area contributed by atoms with Gasteiger partial charge in [0.15, 0.2) is 0 Å². The first kappa shape index (κ1) is 14.9. The van der Waals surface area contributed by atoms with E-state index < -0.39 is 0 Å². The largest absolute Gasteiger partial charge is 0.494 e. The van der Waals surface area contributed by atoms with Crippen molar-refractivity contribution >= 4 is 21.6 Å². The van der Waals surface area contributed by atoms with Crippen LogP contribution < -0.4 is 10.1 Å². The molecule has 0 atom stereocenters. The quantitative estimate of drug-likeness (QED) is 0.801. The predicted molar refractivity (Wildman–Crippen MR) is 83.7 cm³/mol.